The normalized spacial score (nSPS) is 29.0. The van der Waals surface area contributed by atoms with Gasteiger partial charge in [-0.1, -0.05) is 6.07 Å². The second kappa shape index (κ2) is 6.37. The standard InChI is InChI=1S/C17H20F3NO3/c1-9-3-4-10(17(18,19)20)7-12(9)16(22)21-14-11-5-6-24-15(11)13(14)8-23-2/h3-4,7,11,13-15H,5-6,8H2,1-2H3,(H,21,22)/t11-,13+,14+,15-/m0/s1. The lowest BCUT2D eigenvalue weighted by Gasteiger charge is -2.47. The monoisotopic (exact) mass is 343 g/mol. The number of hydrogen-bond acceptors (Lipinski definition) is 3. The van der Waals surface area contributed by atoms with Crippen molar-refractivity contribution >= 4 is 5.91 Å². The maximum atomic E-state index is 12.9. The summed E-state index contributed by atoms with van der Waals surface area (Å²) in [5.41, 5.74) is -0.243. The van der Waals surface area contributed by atoms with E-state index in [4.69, 9.17) is 9.47 Å². The Balaban J connectivity index is 1.77. The van der Waals surface area contributed by atoms with Gasteiger partial charge < -0.3 is 14.8 Å². The molecule has 0 radical (unpaired) electrons. The smallest absolute Gasteiger partial charge is 0.384 e. The lowest BCUT2D eigenvalue weighted by atomic mass is 9.67. The highest BCUT2D eigenvalue weighted by atomic mass is 19.4. The van der Waals surface area contributed by atoms with Gasteiger partial charge in [0.1, 0.15) is 0 Å². The molecule has 0 spiro atoms. The molecule has 0 unspecified atom stereocenters. The zero-order chi connectivity index (χ0) is 17.5. The van der Waals surface area contributed by atoms with Crippen molar-refractivity contribution in [3.8, 4) is 0 Å². The average molecular weight is 343 g/mol. The number of carbonyl (C=O) groups excluding carboxylic acids is 1. The summed E-state index contributed by atoms with van der Waals surface area (Å²) in [5, 5.41) is 2.89. The number of nitrogens with one attached hydrogen (secondary N) is 1. The van der Waals surface area contributed by atoms with Gasteiger partial charge in [0.25, 0.3) is 5.91 Å². The van der Waals surface area contributed by atoms with E-state index in [0.29, 0.717) is 18.8 Å². The number of amides is 1. The van der Waals surface area contributed by atoms with Crippen LogP contribution in [0.5, 0.6) is 0 Å². The highest BCUT2D eigenvalue weighted by Crippen LogP contribution is 2.44. The second-order valence-electron chi connectivity index (χ2n) is 6.43. The average Bonchev–Trinajstić information content (AvgIpc) is 2.94. The fraction of sp³-hybridized carbons (Fsp3) is 0.588. The molecule has 0 aromatic heterocycles. The van der Waals surface area contributed by atoms with Gasteiger partial charge in [0.15, 0.2) is 0 Å². The van der Waals surface area contributed by atoms with Crippen LogP contribution in [0.3, 0.4) is 0 Å². The third kappa shape index (κ3) is 3.02. The van der Waals surface area contributed by atoms with Crippen molar-refractivity contribution < 1.29 is 27.4 Å². The van der Waals surface area contributed by atoms with Crippen molar-refractivity contribution in [3.05, 3.63) is 34.9 Å². The number of hydrogen-bond donors (Lipinski definition) is 1. The van der Waals surface area contributed by atoms with Crippen LogP contribution in [-0.4, -0.2) is 38.4 Å². The summed E-state index contributed by atoms with van der Waals surface area (Å²) in [5.74, 6) is -0.229. The molecule has 4 atom stereocenters. The van der Waals surface area contributed by atoms with Crippen molar-refractivity contribution in [1.82, 2.24) is 5.32 Å². The Labute approximate surface area is 138 Å². The van der Waals surface area contributed by atoms with Crippen LogP contribution < -0.4 is 5.32 Å². The molecule has 1 aromatic carbocycles. The van der Waals surface area contributed by atoms with Crippen molar-refractivity contribution in [2.24, 2.45) is 11.8 Å². The molecule has 1 aliphatic carbocycles. The number of ether oxygens (including phenoxy) is 2. The van der Waals surface area contributed by atoms with Gasteiger partial charge in [-0.05, 0) is 31.0 Å². The molecule has 3 rings (SSSR count). The van der Waals surface area contributed by atoms with Gasteiger partial charge in [0, 0.05) is 37.2 Å². The van der Waals surface area contributed by atoms with Crippen molar-refractivity contribution in [3.63, 3.8) is 0 Å². The van der Waals surface area contributed by atoms with Crippen LogP contribution in [0.25, 0.3) is 0 Å². The molecule has 1 heterocycles. The summed E-state index contributed by atoms with van der Waals surface area (Å²) in [6.07, 6.45) is -3.56. The number of rotatable bonds is 4. The first kappa shape index (κ1) is 17.2. The number of alkyl halides is 3. The molecule has 2 aliphatic rings. The first-order valence-electron chi connectivity index (χ1n) is 7.92. The zero-order valence-electron chi connectivity index (χ0n) is 13.5. The van der Waals surface area contributed by atoms with E-state index < -0.39 is 17.6 Å². The fourth-order valence-electron chi connectivity index (χ4n) is 3.71. The summed E-state index contributed by atoms with van der Waals surface area (Å²) in [6.45, 7) is 2.72. The van der Waals surface area contributed by atoms with Gasteiger partial charge in [0.05, 0.1) is 18.3 Å². The van der Waals surface area contributed by atoms with E-state index in [2.05, 4.69) is 5.32 Å². The number of aryl methyl sites for hydroxylation is 1. The Morgan fingerprint density at radius 3 is 2.83 bits per heavy atom. The Bertz CT molecular complexity index is 632. The molecule has 1 aliphatic heterocycles. The molecule has 0 bridgehead atoms. The molecule has 1 aromatic rings. The lowest BCUT2D eigenvalue weighted by molar-refractivity contribution is -0.137. The van der Waals surface area contributed by atoms with Crippen LogP contribution in [0.4, 0.5) is 13.2 Å². The van der Waals surface area contributed by atoms with Crippen LogP contribution in [0, 0.1) is 18.8 Å². The summed E-state index contributed by atoms with van der Waals surface area (Å²) in [4.78, 5) is 12.5. The second-order valence-corrected chi connectivity index (χ2v) is 6.43. The molecule has 1 N–H and O–H groups in total. The highest BCUT2D eigenvalue weighted by molar-refractivity contribution is 5.96. The number of benzene rings is 1. The predicted molar refractivity (Wildman–Crippen MR) is 80.6 cm³/mol. The molecule has 1 saturated carbocycles. The quantitative estimate of drug-likeness (QED) is 0.915. The van der Waals surface area contributed by atoms with E-state index in [0.717, 1.165) is 18.6 Å². The lowest BCUT2D eigenvalue weighted by Crippen LogP contribution is -2.62. The van der Waals surface area contributed by atoms with Gasteiger partial charge >= 0.3 is 6.18 Å². The minimum Gasteiger partial charge on any atom is -0.384 e. The summed E-state index contributed by atoms with van der Waals surface area (Å²) in [7, 11) is 1.58. The number of halogens is 3. The molecule has 132 valence electrons. The highest BCUT2D eigenvalue weighted by Gasteiger charge is 2.54. The van der Waals surface area contributed by atoms with Gasteiger partial charge in [-0.25, -0.2) is 0 Å². The van der Waals surface area contributed by atoms with E-state index in [1.165, 1.54) is 6.07 Å². The van der Waals surface area contributed by atoms with Crippen LogP contribution in [0.1, 0.15) is 27.9 Å². The van der Waals surface area contributed by atoms with Gasteiger partial charge in [0.2, 0.25) is 0 Å². The Kier molecular flexibility index (Phi) is 4.57. The van der Waals surface area contributed by atoms with Crippen molar-refractivity contribution in [2.45, 2.75) is 31.7 Å². The Morgan fingerprint density at radius 1 is 1.42 bits per heavy atom. The Hall–Kier alpha value is -1.60. The molecule has 1 saturated heterocycles. The maximum Gasteiger partial charge on any atom is 0.416 e. The van der Waals surface area contributed by atoms with Crippen LogP contribution in [0.15, 0.2) is 18.2 Å². The van der Waals surface area contributed by atoms with E-state index in [1.54, 1.807) is 14.0 Å². The molecular weight excluding hydrogens is 323 g/mol. The predicted octanol–water partition coefficient (Wildman–Crippen LogP) is 2.79. The van der Waals surface area contributed by atoms with Crippen LogP contribution in [-0.2, 0) is 15.7 Å². The Morgan fingerprint density at radius 2 is 2.17 bits per heavy atom. The topological polar surface area (TPSA) is 47.6 Å². The van der Waals surface area contributed by atoms with E-state index in [9.17, 15) is 18.0 Å². The van der Waals surface area contributed by atoms with Crippen LogP contribution in [0.2, 0.25) is 0 Å². The first-order chi connectivity index (χ1) is 11.3. The molecule has 4 nitrogen and oxygen atoms in total. The fourth-order valence-corrected chi connectivity index (χ4v) is 3.71. The van der Waals surface area contributed by atoms with Gasteiger partial charge in [-0.3, -0.25) is 4.79 Å². The molecule has 2 fully saturated rings. The minimum absolute atomic E-state index is 0.0394. The molecule has 7 heteroatoms. The molecular formula is C17H20F3NO3. The molecule has 24 heavy (non-hydrogen) atoms. The largest absolute Gasteiger partial charge is 0.416 e. The van der Waals surface area contributed by atoms with E-state index in [-0.39, 0.29) is 29.5 Å². The number of fused-ring (bicyclic) bond motifs is 1. The third-order valence-electron chi connectivity index (χ3n) is 4.99. The molecule has 1 amide bonds. The number of methoxy groups -OCH3 is 1. The number of carbonyl (C=O) groups is 1. The minimum atomic E-state index is -4.47. The van der Waals surface area contributed by atoms with Crippen LogP contribution >= 0.6 is 0 Å². The summed E-state index contributed by atoms with van der Waals surface area (Å²) < 4.78 is 49.5. The van der Waals surface area contributed by atoms with E-state index >= 15 is 0 Å². The van der Waals surface area contributed by atoms with Crippen molar-refractivity contribution in [2.75, 3.05) is 20.3 Å². The maximum absolute atomic E-state index is 12.9. The van der Waals surface area contributed by atoms with Crippen molar-refractivity contribution in [1.29, 1.82) is 0 Å². The van der Waals surface area contributed by atoms with E-state index in [1.807, 2.05) is 0 Å². The summed E-state index contributed by atoms with van der Waals surface area (Å²) in [6, 6.07) is 3.10. The zero-order valence-corrected chi connectivity index (χ0v) is 13.5. The van der Waals surface area contributed by atoms with Gasteiger partial charge in [-0.15, -0.1) is 0 Å². The summed E-state index contributed by atoms with van der Waals surface area (Å²) >= 11 is 0. The SMILES string of the molecule is COC[C@@H]1[C@H](NC(=O)c2cc(C(F)(F)F)ccc2C)[C@@H]2CCO[C@H]12. The van der Waals surface area contributed by atoms with Gasteiger partial charge in [-0.2, -0.15) is 13.2 Å². The third-order valence-corrected chi connectivity index (χ3v) is 4.99. The first-order valence-corrected chi connectivity index (χ1v) is 7.92.